The third kappa shape index (κ3) is 6.05. The molecule has 1 aliphatic rings. The second-order valence-corrected chi connectivity index (χ2v) is 6.62. The Morgan fingerprint density at radius 1 is 1.38 bits per heavy atom. The van der Waals surface area contributed by atoms with E-state index in [0.29, 0.717) is 18.9 Å². The average Bonchev–Trinajstić information content (AvgIpc) is 2.56. The van der Waals surface area contributed by atoms with Gasteiger partial charge in [0.15, 0.2) is 0 Å². The highest BCUT2D eigenvalue weighted by Gasteiger charge is 2.26. The fourth-order valence-electron chi connectivity index (χ4n) is 2.50. The number of hydrogen-bond acceptors (Lipinski definition) is 4. The van der Waals surface area contributed by atoms with E-state index < -0.39 is 6.04 Å². The summed E-state index contributed by atoms with van der Waals surface area (Å²) < 4.78 is 6.14. The Morgan fingerprint density at radius 3 is 2.71 bits per heavy atom. The van der Waals surface area contributed by atoms with Gasteiger partial charge in [-0.1, -0.05) is 22.0 Å². The number of hydrogen-bond donors (Lipinski definition) is 3. The summed E-state index contributed by atoms with van der Waals surface area (Å²) in [6, 6.07) is 5.03. The first-order valence-electron chi connectivity index (χ1n) is 7.64. The molecule has 0 aliphatic carbocycles. The number of halogens is 2. The van der Waals surface area contributed by atoms with Crippen LogP contribution in [-0.4, -0.2) is 37.6 Å². The highest BCUT2D eigenvalue weighted by Crippen LogP contribution is 2.20. The van der Waals surface area contributed by atoms with Crippen LogP contribution >= 0.6 is 28.3 Å². The molecular weight excluding hydrogens is 398 g/mol. The van der Waals surface area contributed by atoms with Crippen LogP contribution in [0.4, 0.5) is 5.69 Å². The molecular formula is C16H23BrClN3O3. The molecule has 1 aromatic rings. The zero-order valence-electron chi connectivity index (χ0n) is 13.5. The second-order valence-electron chi connectivity index (χ2n) is 5.70. The van der Waals surface area contributed by atoms with Gasteiger partial charge in [0, 0.05) is 23.4 Å². The van der Waals surface area contributed by atoms with Crippen LogP contribution in [0.25, 0.3) is 0 Å². The summed E-state index contributed by atoms with van der Waals surface area (Å²) in [6.45, 7) is 3.08. The first-order valence-corrected chi connectivity index (χ1v) is 8.43. The maximum atomic E-state index is 12.1. The van der Waals surface area contributed by atoms with Gasteiger partial charge < -0.3 is 21.1 Å². The van der Waals surface area contributed by atoms with E-state index in [1.807, 2.05) is 25.1 Å². The first-order chi connectivity index (χ1) is 11.0. The number of nitrogens with one attached hydrogen (secondary N) is 2. The van der Waals surface area contributed by atoms with E-state index in [4.69, 9.17) is 10.5 Å². The van der Waals surface area contributed by atoms with Gasteiger partial charge in [0.05, 0.1) is 12.6 Å². The largest absolute Gasteiger partial charge is 0.381 e. The monoisotopic (exact) mass is 419 g/mol. The quantitative estimate of drug-likeness (QED) is 0.679. The molecule has 1 aromatic carbocycles. The van der Waals surface area contributed by atoms with E-state index in [9.17, 15) is 9.59 Å². The zero-order valence-corrected chi connectivity index (χ0v) is 15.9. The van der Waals surface area contributed by atoms with Crippen molar-refractivity contribution in [2.45, 2.75) is 25.8 Å². The summed E-state index contributed by atoms with van der Waals surface area (Å²) in [5, 5.41) is 5.39. The average molecular weight is 421 g/mol. The normalized spacial score (nSPS) is 16.0. The van der Waals surface area contributed by atoms with Crippen LogP contribution in [0.1, 0.15) is 18.4 Å². The Bertz CT molecular complexity index is 580. The van der Waals surface area contributed by atoms with Gasteiger partial charge in [-0.25, -0.2) is 0 Å². The van der Waals surface area contributed by atoms with E-state index in [1.54, 1.807) is 0 Å². The summed E-state index contributed by atoms with van der Waals surface area (Å²) in [4.78, 5) is 24.0. The number of aryl methyl sites for hydroxylation is 1. The van der Waals surface area contributed by atoms with Gasteiger partial charge in [-0.2, -0.15) is 0 Å². The van der Waals surface area contributed by atoms with Crippen molar-refractivity contribution in [1.82, 2.24) is 5.32 Å². The van der Waals surface area contributed by atoms with Crippen molar-refractivity contribution < 1.29 is 14.3 Å². The van der Waals surface area contributed by atoms with Crippen molar-refractivity contribution in [3.63, 3.8) is 0 Å². The van der Waals surface area contributed by atoms with E-state index in [-0.39, 0.29) is 36.7 Å². The summed E-state index contributed by atoms with van der Waals surface area (Å²) in [6.07, 6.45) is 1.55. The van der Waals surface area contributed by atoms with Crippen LogP contribution < -0.4 is 16.4 Å². The molecule has 0 bridgehead atoms. The maximum absolute atomic E-state index is 12.1. The highest BCUT2D eigenvalue weighted by molar-refractivity contribution is 9.10. The van der Waals surface area contributed by atoms with Crippen molar-refractivity contribution in [1.29, 1.82) is 0 Å². The lowest BCUT2D eigenvalue weighted by molar-refractivity contribution is -0.126. The van der Waals surface area contributed by atoms with Gasteiger partial charge in [-0.15, -0.1) is 12.4 Å². The summed E-state index contributed by atoms with van der Waals surface area (Å²) >= 11 is 3.36. The molecule has 1 unspecified atom stereocenters. The Kier molecular flexibility index (Phi) is 8.69. The molecule has 2 rings (SSSR count). The van der Waals surface area contributed by atoms with Crippen LogP contribution in [0.15, 0.2) is 22.7 Å². The molecule has 2 amide bonds. The number of amides is 2. The molecule has 4 N–H and O–H groups in total. The van der Waals surface area contributed by atoms with Gasteiger partial charge in [-0.05, 0) is 43.4 Å². The fourth-order valence-corrected chi connectivity index (χ4v) is 2.86. The minimum atomic E-state index is -0.598. The minimum Gasteiger partial charge on any atom is -0.381 e. The lowest BCUT2D eigenvalue weighted by Crippen LogP contribution is -2.48. The van der Waals surface area contributed by atoms with Crippen LogP contribution in [0, 0.1) is 12.8 Å². The predicted octanol–water partition coefficient (Wildman–Crippen LogP) is 1.99. The predicted molar refractivity (Wildman–Crippen MR) is 99.3 cm³/mol. The van der Waals surface area contributed by atoms with Gasteiger partial charge in [-0.3, -0.25) is 9.59 Å². The van der Waals surface area contributed by atoms with Crippen molar-refractivity contribution in [3.8, 4) is 0 Å². The standard InChI is InChI=1S/C16H22BrN3O3.ClH/c1-10-2-3-12(17)8-13(10)20-14(21)9-19-16(22)15(18)11-4-6-23-7-5-11;/h2-3,8,11,15H,4-7,9,18H2,1H3,(H,19,22)(H,20,21);1H. The molecule has 0 spiro atoms. The molecule has 0 radical (unpaired) electrons. The number of carbonyl (C=O) groups excluding carboxylic acids is 2. The number of benzene rings is 1. The molecule has 0 aromatic heterocycles. The van der Waals surface area contributed by atoms with Crippen molar-refractivity contribution in [2.24, 2.45) is 11.7 Å². The molecule has 6 nitrogen and oxygen atoms in total. The Morgan fingerprint density at radius 2 is 2.04 bits per heavy atom. The smallest absolute Gasteiger partial charge is 0.243 e. The molecule has 8 heteroatoms. The van der Waals surface area contributed by atoms with E-state index in [0.717, 1.165) is 22.9 Å². The summed E-state index contributed by atoms with van der Waals surface area (Å²) in [7, 11) is 0. The van der Waals surface area contributed by atoms with Crippen LogP contribution in [-0.2, 0) is 14.3 Å². The van der Waals surface area contributed by atoms with Gasteiger partial charge in [0.25, 0.3) is 0 Å². The van der Waals surface area contributed by atoms with E-state index >= 15 is 0 Å². The van der Waals surface area contributed by atoms with Crippen LogP contribution in [0.2, 0.25) is 0 Å². The zero-order chi connectivity index (χ0) is 16.8. The van der Waals surface area contributed by atoms with Crippen molar-refractivity contribution in [3.05, 3.63) is 28.2 Å². The molecule has 134 valence electrons. The maximum Gasteiger partial charge on any atom is 0.243 e. The summed E-state index contributed by atoms with van der Waals surface area (Å²) in [5.74, 6) is -0.462. The van der Waals surface area contributed by atoms with Crippen LogP contribution in [0.5, 0.6) is 0 Å². The molecule has 1 heterocycles. The first kappa shape index (κ1) is 20.9. The van der Waals surface area contributed by atoms with Crippen LogP contribution in [0.3, 0.4) is 0 Å². The Balaban J connectivity index is 0.00000288. The lowest BCUT2D eigenvalue weighted by atomic mass is 9.92. The minimum absolute atomic E-state index is 0. The molecule has 1 fully saturated rings. The topological polar surface area (TPSA) is 93.5 Å². The third-order valence-electron chi connectivity index (χ3n) is 3.97. The molecule has 1 saturated heterocycles. The number of anilines is 1. The number of nitrogens with two attached hydrogens (primary N) is 1. The molecule has 1 atom stereocenters. The number of carbonyl (C=O) groups is 2. The van der Waals surface area contributed by atoms with Crippen molar-refractivity contribution >= 4 is 45.8 Å². The third-order valence-corrected chi connectivity index (χ3v) is 4.47. The Labute approximate surface area is 156 Å². The highest BCUT2D eigenvalue weighted by atomic mass is 79.9. The van der Waals surface area contributed by atoms with E-state index in [2.05, 4.69) is 26.6 Å². The van der Waals surface area contributed by atoms with E-state index in [1.165, 1.54) is 0 Å². The number of ether oxygens (including phenoxy) is 1. The van der Waals surface area contributed by atoms with Gasteiger partial charge in [0.1, 0.15) is 0 Å². The fraction of sp³-hybridized carbons (Fsp3) is 0.500. The molecule has 24 heavy (non-hydrogen) atoms. The molecule has 0 saturated carbocycles. The SMILES string of the molecule is Cc1ccc(Br)cc1NC(=O)CNC(=O)C(N)C1CCOCC1.Cl. The Hall–Kier alpha value is -1.15. The van der Waals surface area contributed by atoms with Gasteiger partial charge in [0.2, 0.25) is 11.8 Å². The lowest BCUT2D eigenvalue weighted by Gasteiger charge is -2.26. The number of rotatable bonds is 5. The second kappa shape index (κ2) is 9.98. The van der Waals surface area contributed by atoms with Gasteiger partial charge >= 0.3 is 0 Å². The summed E-state index contributed by atoms with van der Waals surface area (Å²) in [5.41, 5.74) is 7.64. The van der Waals surface area contributed by atoms with Crippen molar-refractivity contribution in [2.75, 3.05) is 25.1 Å². The molecule has 1 aliphatic heterocycles.